The average Bonchev–Trinajstić information content (AvgIpc) is 1.57. The van der Waals surface area contributed by atoms with Gasteiger partial charge in [0.1, 0.15) is 59.0 Å². The highest BCUT2D eigenvalue weighted by Gasteiger charge is 2.44. The predicted octanol–water partition coefficient (Wildman–Crippen LogP) is 20.8. The van der Waals surface area contributed by atoms with Gasteiger partial charge in [-0.3, -0.25) is 28.8 Å². The summed E-state index contributed by atoms with van der Waals surface area (Å²) in [5, 5.41) is 16.7. The quantitative estimate of drug-likeness (QED) is 0.0233. The molecule has 11 heterocycles. The van der Waals surface area contributed by atoms with Gasteiger partial charge in [0.05, 0.1) is 103 Å². The minimum Gasteiger partial charge on any atom is -0.465 e. The third kappa shape index (κ3) is 23.6. The summed E-state index contributed by atoms with van der Waals surface area (Å²) in [6.07, 6.45) is 11.7. The first kappa shape index (κ1) is 106. The minimum atomic E-state index is -0.728. The van der Waals surface area contributed by atoms with E-state index in [2.05, 4.69) is 180 Å². The molecule has 0 bridgehead atoms. The molecule has 12 aromatic rings. The molecule has 5 unspecified atom stereocenters. The van der Waals surface area contributed by atoms with Gasteiger partial charge in [0, 0.05) is 95.8 Å². The lowest BCUT2D eigenvalue weighted by Crippen LogP contribution is -2.51. The van der Waals surface area contributed by atoms with Crippen molar-refractivity contribution in [3.05, 3.63) is 239 Å². The van der Waals surface area contributed by atoms with Crippen molar-refractivity contribution in [1.29, 1.82) is 0 Å². The van der Waals surface area contributed by atoms with E-state index in [0.29, 0.717) is 77.0 Å². The molecule has 6 aliphatic heterocycles. The summed E-state index contributed by atoms with van der Waals surface area (Å²) in [4.78, 5) is 149. The maximum Gasteiger partial charge on any atom is 0.407 e. The topological polar surface area (TPSA) is 367 Å². The van der Waals surface area contributed by atoms with Crippen molar-refractivity contribution < 1.29 is 57.3 Å². The average molecular weight is 2050 g/mol. The second-order valence-corrected chi connectivity index (χ2v) is 48.7. The summed E-state index contributed by atoms with van der Waals surface area (Å²) in [5.41, 5.74) is 14.2. The highest BCUT2D eigenvalue weighted by molar-refractivity contribution is 7.72. The summed E-state index contributed by atoms with van der Waals surface area (Å²) in [5.74, 6) is 2.84. The standard InChI is InChI=1S/C49H56ClN9O6.C49H55N9O6.C16H28P2/c1-27(2)42(53-29(5)60)47(61)58-20-10-14-39(58)45-52-26-38(55-45)32-16-18-34-36(56-46(65-41(34)24-32)30-12-8-7-9-13-30)23-33-22-31(17-19-35(33)50)37-25-51-44(54-37)40-15-11-21-59(40)48(62)43(28(3)4)57-49(63)64-6;1-27(2)42(52-29(5)59)46(60)56-20-10-14-38(56)45-51-26-36(54-45)32-16-18-34-40-23-33-22-31(17-19-37(33)58(40)48(64-41(34)24-32)30-12-8-7-9-13-30)35-25-50-44(53-35)39-15-11-21-57(39)47(61)43(28(3)4)55-49(62)63-6;1-15(2,3)17(7)13-11-9-10-12-14(13)18(8)16(4,5)6/h7-9,12-13,16-19,22,24-28,39-40,42-43,46H,10-11,14-15,20-21,23H2,1-6H3,(H,51,54)(H,52,55)(H,53,60)(H,57,63);7-9,12-13,16-19,22-28,38-39,42-43,48H,10-11,14-15,20-21H2,1-6H3,(H,50,53)(H,51,54)(H,52,59)(H,55,62);9-12H,1-8H3/t39?,40-,42?,43-,46?;38?,39-,42-,43-,48-;17-,18?/m000/s1. The van der Waals surface area contributed by atoms with Crippen LogP contribution in [-0.2, 0) is 44.7 Å². The van der Waals surface area contributed by atoms with Gasteiger partial charge >= 0.3 is 12.2 Å². The summed E-state index contributed by atoms with van der Waals surface area (Å²) >= 11 is 6.94. The molecule has 0 saturated carbocycles. The Balaban J connectivity index is 0.000000180. The molecule has 8 N–H and O–H groups in total. The van der Waals surface area contributed by atoms with Gasteiger partial charge in [-0.2, -0.15) is 0 Å². The number of hydrogen-bond donors (Lipinski definition) is 8. The molecule has 30 nitrogen and oxygen atoms in total. The molecule has 12 atom stereocenters. The number of amides is 8. The Morgan fingerprint density at radius 1 is 0.435 bits per heavy atom. The summed E-state index contributed by atoms with van der Waals surface area (Å²) in [7, 11) is 2.38. The fraction of sp³-hybridized carbons (Fsp3) is 0.430. The van der Waals surface area contributed by atoms with Crippen LogP contribution in [0.5, 0.6) is 11.5 Å². The summed E-state index contributed by atoms with van der Waals surface area (Å²) in [6.45, 7) is 39.6. The normalized spacial score (nSPS) is 18.7. The van der Waals surface area contributed by atoms with E-state index in [4.69, 9.17) is 55.5 Å². The fourth-order valence-electron chi connectivity index (χ4n) is 20.4. The number of aliphatic imine (C=N–C) groups is 1. The van der Waals surface area contributed by atoms with Crippen LogP contribution in [0.2, 0.25) is 5.02 Å². The molecule has 0 aliphatic carbocycles. The highest BCUT2D eigenvalue weighted by Crippen LogP contribution is 2.52. The zero-order chi connectivity index (χ0) is 105. The number of nitrogens with zero attached hydrogens (tertiary/aromatic N) is 10. The van der Waals surface area contributed by atoms with Crippen LogP contribution in [0.25, 0.3) is 67.2 Å². The van der Waals surface area contributed by atoms with Crippen LogP contribution in [0, 0.1) is 23.7 Å². The van der Waals surface area contributed by atoms with Crippen molar-refractivity contribution in [2.24, 2.45) is 28.7 Å². The molecule has 0 radical (unpaired) electrons. The zero-order valence-corrected chi connectivity index (χ0v) is 90.4. The number of imidazole rings is 4. The number of halogens is 1. The first-order valence-corrected chi connectivity index (χ1v) is 55.1. The number of aromatic amines is 4. The number of hydrogen-bond acceptors (Lipinski definition) is 17. The maximum absolute atomic E-state index is 13.8. The number of methoxy groups -OCH3 is 2. The van der Waals surface area contributed by atoms with Crippen molar-refractivity contribution in [1.82, 2.24) is 85.3 Å². The van der Waals surface area contributed by atoms with Gasteiger partial charge in [0.2, 0.25) is 47.9 Å². The number of nitrogens with one attached hydrogen (secondary N) is 8. The van der Waals surface area contributed by atoms with Crippen molar-refractivity contribution in [2.75, 3.05) is 53.7 Å². The largest absolute Gasteiger partial charge is 0.465 e. The lowest BCUT2D eigenvalue weighted by Gasteiger charge is -2.35. The molecule has 0 spiro atoms. The molecule has 8 amide bonds. The molecule has 774 valence electrons. The van der Waals surface area contributed by atoms with E-state index in [1.54, 1.807) is 27.9 Å². The second-order valence-electron chi connectivity index (χ2n) is 42.4. The first-order valence-electron chi connectivity index (χ1n) is 51.2. The van der Waals surface area contributed by atoms with Crippen molar-refractivity contribution in [3.8, 4) is 67.8 Å². The van der Waals surface area contributed by atoms with Gasteiger partial charge in [0.15, 0.2) is 0 Å². The number of rotatable bonds is 26. The molecule has 7 aromatic carbocycles. The molecule has 18 rings (SSSR count). The second kappa shape index (κ2) is 45.6. The number of benzene rings is 7. The highest BCUT2D eigenvalue weighted by atomic mass is 35.5. The van der Waals surface area contributed by atoms with Crippen LogP contribution < -0.4 is 41.3 Å². The SMILES string of the molecule is COC(=O)N[C@H](C(=O)N1CCC[C@H]1c1ncc(-c2ccc(Cl)c(CC3=NC(c4ccccc4)Oc4cc(-c5cnc(C6CCCN6C(=O)C(NC(C)=O)C(C)C)[nH]5)ccc43)c2)[nH]1)C(C)C.COC(=O)N[C@H](C(=O)N1CCC[C@H]1c1ncc(-c2ccc3c(c2)cc2n3[C@H](c3ccccc3)Oc3cc(-c4cnc(C5CCCN5C(=O)[C@@H](NC(C)=O)C(C)C)[nH]4)ccc3-2)[nH]1)C(C)C.CP(c1ccccc1[P@](C)C(C)(C)C)C(C)(C)C. The number of carbonyl (C=O) groups is 8. The molecule has 4 saturated heterocycles. The minimum absolute atomic E-state index is 0.0538. The number of fused-ring (bicyclic) bond motifs is 6. The van der Waals surface area contributed by atoms with E-state index in [9.17, 15) is 38.4 Å². The van der Waals surface area contributed by atoms with E-state index < -0.39 is 48.8 Å². The smallest absolute Gasteiger partial charge is 0.407 e. The third-order valence-corrected chi connectivity index (χ3v) is 35.8. The Kier molecular flexibility index (Phi) is 33.0. The third-order valence-electron chi connectivity index (χ3n) is 29.0. The lowest BCUT2D eigenvalue weighted by atomic mass is 9.96. The summed E-state index contributed by atoms with van der Waals surface area (Å²) in [6, 6.07) is 52.2. The van der Waals surface area contributed by atoms with Crippen molar-refractivity contribution >= 4 is 102 Å². The van der Waals surface area contributed by atoms with E-state index >= 15 is 0 Å². The van der Waals surface area contributed by atoms with Crippen LogP contribution in [0.1, 0.15) is 244 Å². The Bertz CT molecular complexity index is 6770. The van der Waals surface area contributed by atoms with E-state index in [-0.39, 0.29) is 99.1 Å². The van der Waals surface area contributed by atoms with Gasteiger partial charge in [-0.15, -0.1) is 0 Å². The predicted molar refractivity (Wildman–Crippen MR) is 580 cm³/mol. The molecular formula is C114H139ClN18O12P2. The van der Waals surface area contributed by atoms with Crippen LogP contribution in [-0.4, -0.2) is 206 Å². The fourth-order valence-corrected chi connectivity index (χ4v) is 24.4. The van der Waals surface area contributed by atoms with Gasteiger partial charge in [-0.1, -0.05) is 234 Å². The number of aromatic nitrogens is 9. The van der Waals surface area contributed by atoms with Crippen molar-refractivity contribution in [2.45, 2.75) is 240 Å². The molecular weight excluding hydrogens is 1910 g/mol. The van der Waals surface area contributed by atoms with Crippen LogP contribution in [0.4, 0.5) is 9.59 Å². The Morgan fingerprint density at radius 2 is 0.789 bits per heavy atom. The summed E-state index contributed by atoms with van der Waals surface area (Å²) < 4.78 is 25.4. The maximum atomic E-state index is 13.8. The van der Waals surface area contributed by atoms with Gasteiger partial charge in [0.25, 0.3) is 0 Å². The molecule has 33 heteroatoms. The van der Waals surface area contributed by atoms with Gasteiger partial charge < -0.3 is 84.3 Å². The Morgan fingerprint density at radius 3 is 1.18 bits per heavy atom. The molecule has 4 fully saturated rings. The lowest BCUT2D eigenvalue weighted by molar-refractivity contribution is -0.138. The van der Waals surface area contributed by atoms with Crippen LogP contribution in [0.15, 0.2) is 194 Å². The molecule has 147 heavy (non-hydrogen) atoms. The van der Waals surface area contributed by atoms with Crippen LogP contribution >= 0.6 is 27.4 Å². The number of H-pyrrole nitrogens is 4. The molecule has 5 aromatic heterocycles. The first-order chi connectivity index (χ1) is 70.2. The monoisotopic (exact) mass is 2050 g/mol. The van der Waals surface area contributed by atoms with E-state index in [0.717, 1.165) is 152 Å². The number of likely N-dealkylation sites (tertiary alicyclic amines) is 4. The number of alkyl carbamates (subject to hydrolysis) is 2. The van der Waals surface area contributed by atoms with Crippen molar-refractivity contribution in [3.63, 3.8) is 0 Å². The number of carbonyl (C=O) groups excluding carboxylic acids is 8. The van der Waals surface area contributed by atoms with E-state index in [1.807, 2.05) is 167 Å². The Labute approximate surface area is 868 Å². The zero-order valence-electron chi connectivity index (χ0n) is 87.8. The van der Waals surface area contributed by atoms with Gasteiger partial charge in [-0.25, -0.2) is 34.5 Å². The van der Waals surface area contributed by atoms with E-state index in [1.165, 1.54) is 28.1 Å². The number of ether oxygens (including phenoxy) is 4. The van der Waals surface area contributed by atoms with Gasteiger partial charge in [-0.05, 0) is 175 Å². The molecule has 6 aliphatic rings. The van der Waals surface area contributed by atoms with Crippen LogP contribution in [0.3, 0.4) is 0 Å². The Hall–Kier alpha value is -13.3.